The van der Waals surface area contributed by atoms with Crippen molar-refractivity contribution in [2.45, 2.75) is 0 Å². The Labute approximate surface area is 130 Å². The number of hydrazone groups is 1. The lowest BCUT2D eigenvalue weighted by molar-refractivity contribution is -0.123. The maximum Gasteiger partial charge on any atom is 0.277 e. The summed E-state index contributed by atoms with van der Waals surface area (Å²) in [6.07, 6.45) is 1.37. The zero-order valence-corrected chi connectivity index (χ0v) is 12.6. The molecule has 2 aromatic carbocycles. The van der Waals surface area contributed by atoms with Crippen LogP contribution in [-0.2, 0) is 4.79 Å². The van der Waals surface area contributed by atoms with E-state index >= 15 is 0 Å². The van der Waals surface area contributed by atoms with Crippen molar-refractivity contribution >= 4 is 28.1 Å². The van der Waals surface area contributed by atoms with Gasteiger partial charge in [-0.15, -0.1) is 0 Å². The number of aromatic hydroxyl groups is 1. The lowest BCUT2D eigenvalue weighted by Gasteiger charge is -2.06. The van der Waals surface area contributed by atoms with Gasteiger partial charge >= 0.3 is 0 Å². The quantitative estimate of drug-likeness (QED) is 0.644. The lowest BCUT2D eigenvalue weighted by atomic mass is 10.2. The molecule has 2 rings (SSSR count). The van der Waals surface area contributed by atoms with E-state index < -0.39 is 5.91 Å². The summed E-state index contributed by atoms with van der Waals surface area (Å²) in [4.78, 5) is 11.6. The Kier molecular flexibility index (Phi) is 5.34. The van der Waals surface area contributed by atoms with Crippen molar-refractivity contribution in [1.29, 1.82) is 0 Å². The molecule has 0 aromatic heterocycles. The van der Waals surface area contributed by atoms with E-state index in [0.29, 0.717) is 11.3 Å². The summed E-state index contributed by atoms with van der Waals surface area (Å²) in [5.41, 5.74) is 2.85. The van der Waals surface area contributed by atoms with Gasteiger partial charge in [0.15, 0.2) is 6.61 Å². The summed E-state index contributed by atoms with van der Waals surface area (Å²) < 4.78 is 6.12. The van der Waals surface area contributed by atoms with Gasteiger partial charge in [0.25, 0.3) is 5.91 Å². The van der Waals surface area contributed by atoms with E-state index in [1.54, 1.807) is 30.3 Å². The highest BCUT2D eigenvalue weighted by Gasteiger charge is 2.04. The highest BCUT2D eigenvalue weighted by atomic mass is 79.9. The highest BCUT2D eigenvalue weighted by molar-refractivity contribution is 9.10. The summed E-state index contributed by atoms with van der Waals surface area (Å²) in [6.45, 7) is -0.152. The van der Waals surface area contributed by atoms with Gasteiger partial charge in [-0.25, -0.2) is 5.43 Å². The van der Waals surface area contributed by atoms with Gasteiger partial charge in [-0.3, -0.25) is 4.79 Å². The molecule has 0 fully saturated rings. The predicted molar refractivity (Wildman–Crippen MR) is 83.5 cm³/mol. The summed E-state index contributed by atoms with van der Waals surface area (Å²) in [6, 6.07) is 13.9. The Morgan fingerprint density at radius 3 is 2.71 bits per heavy atom. The molecule has 0 aliphatic rings. The normalized spacial score (nSPS) is 10.5. The van der Waals surface area contributed by atoms with Gasteiger partial charge in [-0.05, 0) is 40.2 Å². The number of ether oxygens (including phenoxy) is 1. The predicted octanol–water partition coefficient (Wildman–Crippen LogP) is 2.68. The zero-order chi connectivity index (χ0) is 15.1. The maximum atomic E-state index is 11.6. The molecule has 0 spiro atoms. The monoisotopic (exact) mass is 348 g/mol. The van der Waals surface area contributed by atoms with Gasteiger partial charge in [-0.1, -0.05) is 24.3 Å². The number of benzene rings is 2. The van der Waals surface area contributed by atoms with E-state index in [9.17, 15) is 9.90 Å². The van der Waals surface area contributed by atoms with Crippen LogP contribution in [-0.4, -0.2) is 23.8 Å². The van der Waals surface area contributed by atoms with Gasteiger partial charge in [0.05, 0.1) is 10.7 Å². The van der Waals surface area contributed by atoms with E-state index in [0.717, 1.165) is 4.47 Å². The van der Waals surface area contributed by atoms with Crippen molar-refractivity contribution in [2.75, 3.05) is 6.61 Å². The summed E-state index contributed by atoms with van der Waals surface area (Å²) >= 11 is 3.32. The molecule has 21 heavy (non-hydrogen) atoms. The fourth-order valence-electron chi connectivity index (χ4n) is 1.51. The Bertz CT molecular complexity index is 659. The van der Waals surface area contributed by atoms with Crippen LogP contribution in [0.1, 0.15) is 5.56 Å². The fraction of sp³-hybridized carbons (Fsp3) is 0.0667. The maximum absolute atomic E-state index is 11.6. The van der Waals surface area contributed by atoms with Crippen LogP contribution in [0.5, 0.6) is 11.5 Å². The molecule has 0 heterocycles. The van der Waals surface area contributed by atoms with Crippen LogP contribution < -0.4 is 10.2 Å². The first kappa shape index (κ1) is 15.1. The van der Waals surface area contributed by atoms with Crippen molar-refractivity contribution in [3.05, 3.63) is 58.6 Å². The van der Waals surface area contributed by atoms with Crippen molar-refractivity contribution in [3.8, 4) is 11.5 Å². The third-order valence-corrected chi connectivity index (χ3v) is 3.18. The molecule has 0 aliphatic heterocycles. The van der Waals surface area contributed by atoms with Crippen LogP contribution in [0.25, 0.3) is 0 Å². The van der Waals surface area contributed by atoms with Gasteiger partial charge in [0, 0.05) is 5.56 Å². The number of hydrogen-bond donors (Lipinski definition) is 2. The summed E-state index contributed by atoms with van der Waals surface area (Å²) in [7, 11) is 0. The zero-order valence-electron chi connectivity index (χ0n) is 11.0. The average molecular weight is 349 g/mol. The second-order valence-corrected chi connectivity index (χ2v) is 4.93. The van der Waals surface area contributed by atoms with Crippen molar-refractivity contribution in [3.63, 3.8) is 0 Å². The standard InChI is InChI=1S/C15H13BrN2O3/c16-12-6-2-4-8-14(12)21-10-15(20)18-17-9-11-5-1-3-7-13(11)19/h1-9,19H,10H2,(H,18,20)/b17-9-. The molecule has 0 unspecified atom stereocenters. The number of para-hydroxylation sites is 2. The first-order valence-electron chi connectivity index (χ1n) is 6.14. The van der Waals surface area contributed by atoms with Crippen LogP contribution in [0.2, 0.25) is 0 Å². The molecule has 5 nitrogen and oxygen atoms in total. The molecule has 0 saturated carbocycles. The Morgan fingerprint density at radius 1 is 1.24 bits per heavy atom. The Morgan fingerprint density at radius 2 is 1.95 bits per heavy atom. The highest BCUT2D eigenvalue weighted by Crippen LogP contribution is 2.23. The number of rotatable bonds is 5. The number of amides is 1. The number of nitrogens with one attached hydrogen (secondary N) is 1. The molecule has 0 saturated heterocycles. The van der Waals surface area contributed by atoms with Gasteiger partial charge in [-0.2, -0.15) is 5.10 Å². The first-order valence-corrected chi connectivity index (χ1v) is 6.93. The second kappa shape index (κ2) is 7.44. The molecule has 6 heteroatoms. The molecule has 2 aromatic rings. The number of carbonyl (C=O) groups is 1. The van der Waals surface area contributed by atoms with Gasteiger partial charge in [0.2, 0.25) is 0 Å². The number of halogens is 1. The van der Waals surface area contributed by atoms with Crippen LogP contribution in [0.4, 0.5) is 0 Å². The molecule has 0 radical (unpaired) electrons. The minimum absolute atomic E-state index is 0.0972. The van der Waals surface area contributed by atoms with Crippen molar-refractivity contribution < 1.29 is 14.6 Å². The minimum atomic E-state index is -0.391. The smallest absolute Gasteiger partial charge is 0.277 e. The number of phenols is 1. The van der Waals surface area contributed by atoms with E-state index in [1.165, 1.54) is 6.21 Å². The van der Waals surface area contributed by atoms with Gasteiger partial charge < -0.3 is 9.84 Å². The van der Waals surface area contributed by atoms with E-state index in [4.69, 9.17) is 4.74 Å². The number of carbonyl (C=O) groups excluding carboxylic acids is 1. The number of hydrogen-bond acceptors (Lipinski definition) is 4. The fourth-order valence-corrected chi connectivity index (χ4v) is 1.91. The average Bonchev–Trinajstić information content (AvgIpc) is 2.48. The van der Waals surface area contributed by atoms with Crippen molar-refractivity contribution in [2.24, 2.45) is 5.10 Å². The molecule has 108 valence electrons. The lowest BCUT2D eigenvalue weighted by Crippen LogP contribution is -2.24. The molecule has 0 bridgehead atoms. The topological polar surface area (TPSA) is 70.9 Å². The number of phenolic OH excluding ortho intramolecular Hbond substituents is 1. The SMILES string of the molecule is O=C(COc1ccccc1Br)N/N=C\c1ccccc1O. The molecular formula is C15H13BrN2O3. The third kappa shape index (κ3) is 4.61. The Hall–Kier alpha value is -2.34. The molecule has 0 aliphatic carbocycles. The molecule has 1 amide bonds. The second-order valence-electron chi connectivity index (χ2n) is 4.07. The van der Waals surface area contributed by atoms with Crippen molar-refractivity contribution in [1.82, 2.24) is 5.43 Å². The van der Waals surface area contributed by atoms with E-state index in [-0.39, 0.29) is 12.4 Å². The molecular weight excluding hydrogens is 336 g/mol. The first-order chi connectivity index (χ1) is 10.2. The Balaban J connectivity index is 1.83. The molecule has 0 atom stereocenters. The van der Waals surface area contributed by atoms with Crippen LogP contribution in [0.15, 0.2) is 58.1 Å². The third-order valence-electron chi connectivity index (χ3n) is 2.53. The minimum Gasteiger partial charge on any atom is -0.507 e. The van der Waals surface area contributed by atoms with Crippen LogP contribution in [0, 0.1) is 0 Å². The van der Waals surface area contributed by atoms with E-state index in [2.05, 4.69) is 26.5 Å². The van der Waals surface area contributed by atoms with E-state index in [1.807, 2.05) is 18.2 Å². The largest absolute Gasteiger partial charge is 0.507 e. The number of nitrogens with zero attached hydrogens (tertiary/aromatic N) is 1. The van der Waals surface area contributed by atoms with Crippen LogP contribution >= 0.6 is 15.9 Å². The van der Waals surface area contributed by atoms with Crippen LogP contribution in [0.3, 0.4) is 0 Å². The van der Waals surface area contributed by atoms with Gasteiger partial charge in [0.1, 0.15) is 11.5 Å². The summed E-state index contributed by atoms with van der Waals surface area (Å²) in [5, 5.41) is 13.3. The molecule has 2 N–H and O–H groups in total. The summed E-state index contributed by atoms with van der Waals surface area (Å²) in [5.74, 6) is 0.287.